The number of nitrogens with one attached hydrogen (secondary N) is 2. The molecule has 1 aromatic heterocycles. The SMILES string of the molecule is COc1ccccc1CCNC(=O)CNc1cccc2cccnc12. The van der Waals surface area contributed by atoms with Crippen LogP contribution in [-0.2, 0) is 11.2 Å². The Morgan fingerprint density at radius 1 is 1.08 bits per heavy atom. The Hall–Kier alpha value is -3.08. The summed E-state index contributed by atoms with van der Waals surface area (Å²) < 4.78 is 5.32. The van der Waals surface area contributed by atoms with Crippen molar-refractivity contribution in [2.45, 2.75) is 6.42 Å². The second kappa shape index (κ2) is 8.15. The minimum atomic E-state index is -0.0529. The summed E-state index contributed by atoms with van der Waals surface area (Å²) in [5, 5.41) is 7.13. The molecule has 3 rings (SSSR count). The molecule has 1 heterocycles. The molecule has 0 atom stereocenters. The van der Waals surface area contributed by atoms with Crippen LogP contribution in [0.15, 0.2) is 60.8 Å². The molecule has 2 aromatic carbocycles. The third-order valence-corrected chi connectivity index (χ3v) is 3.98. The zero-order chi connectivity index (χ0) is 17.5. The Morgan fingerprint density at radius 2 is 1.92 bits per heavy atom. The van der Waals surface area contributed by atoms with E-state index in [0.29, 0.717) is 6.54 Å². The van der Waals surface area contributed by atoms with Gasteiger partial charge in [0.25, 0.3) is 0 Å². The number of carbonyl (C=O) groups excluding carboxylic acids is 1. The highest BCUT2D eigenvalue weighted by Crippen LogP contribution is 2.20. The minimum Gasteiger partial charge on any atom is -0.496 e. The number of amides is 1. The average Bonchev–Trinajstić information content (AvgIpc) is 2.66. The van der Waals surface area contributed by atoms with Crippen molar-refractivity contribution in [3.05, 3.63) is 66.4 Å². The first-order valence-corrected chi connectivity index (χ1v) is 8.24. The number of benzene rings is 2. The molecule has 0 unspecified atom stereocenters. The van der Waals surface area contributed by atoms with Gasteiger partial charge in [0.1, 0.15) is 5.75 Å². The second-order valence-corrected chi connectivity index (χ2v) is 5.65. The van der Waals surface area contributed by atoms with Gasteiger partial charge in [-0.3, -0.25) is 9.78 Å². The largest absolute Gasteiger partial charge is 0.496 e. The van der Waals surface area contributed by atoms with Crippen LogP contribution in [0.1, 0.15) is 5.56 Å². The molecule has 0 spiro atoms. The van der Waals surface area contributed by atoms with Crippen LogP contribution in [-0.4, -0.2) is 31.1 Å². The second-order valence-electron chi connectivity index (χ2n) is 5.65. The average molecular weight is 335 g/mol. The van der Waals surface area contributed by atoms with Gasteiger partial charge >= 0.3 is 0 Å². The van der Waals surface area contributed by atoms with Gasteiger partial charge < -0.3 is 15.4 Å². The molecular formula is C20H21N3O2. The highest BCUT2D eigenvalue weighted by Gasteiger charge is 2.06. The van der Waals surface area contributed by atoms with E-state index in [1.54, 1.807) is 13.3 Å². The van der Waals surface area contributed by atoms with Crippen LogP contribution >= 0.6 is 0 Å². The third kappa shape index (κ3) is 4.26. The summed E-state index contributed by atoms with van der Waals surface area (Å²) >= 11 is 0. The molecule has 0 bridgehead atoms. The zero-order valence-electron chi connectivity index (χ0n) is 14.2. The first-order chi connectivity index (χ1) is 12.3. The van der Waals surface area contributed by atoms with Crippen LogP contribution in [0.5, 0.6) is 5.75 Å². The van der Waals surface area contributed by atoms with Crippen LogP contribution in [0.3, 0.4) is 0 Å². The van der Waals surface area contributed by atoms with E-state index < -0.39 is 0 Å². The van der Waals surface area contributed by atoms with Gasteiger partial charge in [-0.2, -0.15) is 0 Å². The Bertz CT molecular complexity index is 859. The topological polar surface area (TPSA) is 63.2 Å². The van der Waals surface area contributed by atoms with Crippen LogP contribution in [0, 0.1) is 0 Å². The lowest BCUT2D eigenvalue weighted by Crippen LogP contribution is -2.31. The summed E-state index contributed by atoms with van der Waals surface area (Å²) in [5.41, 5.74) is 2.81. The maximum absolute atomic E-state index is 12.1. The standard InChI is InChI=1S/C20H21N3O2/c1-25-18-10-3-2-6-15(18)11-13-21-19(24)14-23-17-9-4-7-16-8-5-12-22-20(16)17/h2-10,12,23H,11,13-14H2,1H3,(H,21,24). The smallest absolute Gasteiger partial charge is 0.239 e. The molecule has 3 aromatic rings. The first kappa shape index (κ1) is 16.8. The van der Waals surface area contributed by atoms with Gasteiger partial charge in [-0.1, -0.05) is 36.4 Å². The number of nitrogens with zero attached hydrogens (tertiary/aromatic N) is 1. The zero-order valence-corrected chi connectivity index (χ0v) is 14.2. The van der Waals surface area contributed by atoms with Gasteiger partial charge in [0.2, 0.25) is 5.91 Å². The number of hydrogen-bond acceptors (Lipinski definition) is 4. The maximum Gasteiger partial charge on any atom is 0.239 e. The fraction of sp³-hybridized carbons (Fsp3) is 0.200. The van der Waals surface area contributed by atoms with E-state index in [4.69, 9.17) is 4.74 Å². The summed E-state index contributed by atoms with van der Waals surface area (Å²) in [6, 6.07) is 17.6. The molecule has 2 N–H and O–H groups in total. The molecule has 0 saturated carbocycles. The van der Waals surface area contributed by atoms with Crippen molar-refractivity contribution in [1.82, 2.24) is 10.3 Å². The lowest BCUT2D eigenvalue weighted by atomic mass is 10.1. The highest BCUT2D eigenvalue weighted by atomic mass is 16.5. The molecule has 25 heavy (non-hydrogen) atoms. The summed E-state index contributed by atoms with van der Waals surface area (Å²) in [6.45, 7) is 0.774. The van der Waals surface area contributed by atoms with Crippen molar-refractivity contribution in [3.8, 4) is 5.75 Å². The summed E-state index contributed by atoms with van der Waals surface area (Å²) in [7, 11) is 1.65. The number of ether oxygens (including phenoxy) is 1. The number of rotatable bonds is 7. The molecule has 0 saturated heterocycles. The van der Waals surface area contributed by atoms with Gasteiger partial charge in [-0.25, -0.2) is 0 Å². The van der Waals surface area contributed by atoms with Gasteiger partial charge in [-0.05, 0) is 30.2 Å². The fourth-order valence-electron chi connectivity index (χ4n) is 2.73. The van der Waals surface area contributed by atoms with Crippen molar-refractivity contribution in [2.24, 2.45) is 0 Å². The number of methoxy groups -OCH3 is 1. The number of anilines is 1. The molecule has 1 amide bonds. The quantitative estimate of drug-likeness (QED) is 0.697. The molecule has 0 aliphatic rings. The van der Waals surface area contributed by atoms with E-state index in [1.165, 1.54) is 0 Å². The van der Waals surface area contributed by atoms with E-state index in [-0.39, 0.29) is 12.5 Å². The fourth-order valence-corrected chi connectivity index (χ4v) is 2.73. The number of hydrogen-bond donors (Lipinski definition) is 2. The molecular weight excluding hydrogens is 314 g/mol. The molecule has 0 fully saturated rings. The van der Waals surface area contributed by atoms with E-state index >= 15 is 0 Å². The van der Waals surface area contributed by atoms with Crippen molar-refractivity contribution in [1.29, 1.82) is 0 Å². The van der Waals surface area contributed by atoms with Crippen molar-refractivity contribution in [3.63, 3.8) is 0 Å². The predicted octanol–water partition coefficient (Wildman–Crippen LogP) is 3.01. The summed E-state index contributed by atoms with van der Waals surface area (Å²) in [4.78, 5) is 16.4. The molecule has 5 heteroatoms. The van der Waals surface area contributed by atoms with Crippen LogP contribution in [0.4, 0.5) is 5.69 Å². The predicted molar refractivity (Wildman–Crippen MR) is 99.9 cm³/mol. The molecule has 128 valence electrons. The minimum absolute atomic E-state index is 0.0529. The summed E-state index contributed by atoms with van der Waals surface area (Å²) in [5.74, 6) is 0.791. The van der Waals surface area contributed by atoms with Gasteiger partial charge in [0.05, 0.1) is 24.9 Å². The third-order valence-electron chi connectivity index (χ3n) is 3.98. The lowest BCUT2D eigenvalue weighted by Gasteiger charge is -2.11. The van der Waals surface area contributed by atoms with E-state index in [0.717, 1.165) is 34.3 Å². The van der Waals surface area contributed by atoms with Gasteiger partial charge in [0.15, 0.2) is 0 Å². The Labute approximate surface area is 147 Å². The monoisotopic (exact) mass is 335 g/mol. The Balaban J connectivity index is 1.51. The molecule has 0 aliphatic carbocycles. The van der Waals surface area contributed by atoms with Crippen molar-refractivity contribution >= 4 is 22.5 Å². The van der Waals surface area contributed by atoms with Gasteiger partial charge in [-0.15, -0.1) is 0 Å². The highest BCUT2D eigenvalue weighted by molar-refractivity contribution is 5.92. The van der Waals surface area contributed by atoms with E-state index in [2.05, 4.69) is 15.6 Å². The van der Waals surface area contributed by atoms with Crippen molar-refractivity contribution in [2.75, 3.05) is 25.5 Å². The maximum atomic E-state index is 12.1. The molecule has 0 radical (unpaired) electrons. The number of aromatic nitrogens is 1. The van der Waals surface area contributed by atoms with Gasteiger partial charge in [0, 0.05) is 18.1 Å². The van der Waals surface area contributed by atoms with E-state index in [9.17, 15) is 4.79 Å². The number of fused-ring (bicyclic) bond motifs is 1. The Morgan fingerprint density at radius 3 is 2.80 bits per heavy atom. The number of para-hydroxylation sites is 2. The Kier molecular flexibility index (Phi) is 5.46. The first-order valence-electron chi connectivity index (χ1n) is 8.24. The normalized spacial score (nSPS) is 10.4. The molecule has 5 nitrogen and oxygen atoms in total. The molecule has 0 aliphatic heterocycles. The van der Waals surface area contributed by atoms with Crippen molar-refractivity contribution < 1.29 is 9.53 Å². The number of pyridine rings is 1. The van der Waals surface area contributed by atoms with Crippen LogP contribution in [0.2, 0.25) is 0 Å². The van der Waals surface area contributed by atoms with Crippen LogP contribution in [0.25, 0.3) is 10.9 Å². The van der Waals surface area contributed by atoms with Crippen LogP contribution < -0.4 is 15.4 Å². The van der Waals surface area contributed by atoms with E-state index in [1.807, 2.05) is 54.6 Å². The number of carbonyl (C=O) groups is 1. The summed E-state index contributed by atoms with van der Waals surface area (Å²) in [6.07, 6.45) is 2.48. The lowest BCUT2D eigenvalue weighted by molar-refractivity contribution is -0.119.